The fraction of sp³-hybridized carbons (Fsp3) is 0.500. The third-order valence-corrected chi connectivity index (χ3v) is 4.87. The van der Waals surface area contributed by atoms with Crippen LogP contribution in [0.1, 0.15) is 12.8 Å². The van der Waals surface area contributed by atoms with Crippen LogP contribution in [0.25, 0.3) is 0 Å². The summed E-state index contributed by atoms with van der Waals surface area (Å²) in [4.78, 5) is 0. The molecule has 0 amide bonds. The third kappa shape index (κ3) is 2.78. The van der Waals surface area contributed by atoms with Crippen LogP contribution in [0.3, 0.4) is 0 Å². The van der Waals surface area contributed by atoms with Crippen molar-refractivity contribution in [3.8, 4) is 6.07 Å². The van der Waals surface area contributed by atoms with Crippen LogP contribution in [0.2, 0.25) is 0 Å². The first kappa shape index (κ1) is 15.2. The first-order chi connectivity index (χ1) is 9.09. The molecular formula is C10H8BrF3N2O3S. The quantitative estimate of drug-likeness (QED) is 0.355. The topological polar surface area (TPSA) is 79.2 Å². The van der Waals surface area contributed by atoms with E-state index in [1.807, 2.05) is 0 Å². The van der Waals surface area contributed by atoms with Gasteiger partial charge in [0, 0.05) is 0 Å². The Kier molecular flexibility index (Phi) is 3.54. The minimum atomic E-state index is -5.82. The number of nitrogens with zero attached hydrogens (tertiary/aromatic N) is 1. The van der Waals surface area contributed by atoms with Crippen molar-refractivity contribution in [2.24, 2.45) is 5.92 Å². The van der Waals surface area contributed by atoms with Crippen molar-refractivity contribution >= 4 is 26.0 Å². The van der Waals surface area contributed by atoms with Gasteiger partial charge in [-0.2, -0.15) is 26.9 Å². The van der Waals surface area contributed by atoms with E-state index in [2.05, 4.69) is 25.4 Å². The standard InChI is InChI=1S/C10H8BrF3N2O3S/c11-9(7-1-2-7)4-3-6(5-15)8(16-9)19-20(17,18)10(12,13)14/h3-4,7,16H,1-2H2. The number of nitriles is 1. The van der Waals surface area contributed by atoms with E-state index in [0.29, 0.717) is 0 Å². The van der Waals surface area contributed by atoms with E-state index in [-0.39, 0.29) is 11.5 Å². The van der Waals surface area contributed by atoms with Gasteiger partial charge in [-0.1, -0.05) is 15.9 Å². The van der Waals surface area contributed by atoms with Gasteiger partial charge in [0.05, 0.1) is 0 Å². The Labute approximate surface area is 121 Å². The molecule has 10 heteroatoms. The second-order valence-corrected chi connectivity index (χ2v) is 7.19. The molecule has 1 fully saturated rings. The summed E-state index contributed by atoms with van der Waals surface area (Å²) in [6.07, 6.45) is 4.43. The average molecular weight is 373 g/mol. The summed E-state index contributed by atoms with van der Waals surface area (Å²) in [5, 5.41) is 11.3. The van der Waals surface area contributed by atoms with Crippen molar-refractivity contribution < 1.29 is 25.8 Å². The third-order valence-electron chi connectivity index (χ3n) is 2.81. The number of hydrogen-bond acceptors (Lipinski definition) is 5. The highest BCUT2D eigenvalue weighted by Gasteiger charge is 2.51. The van der Waals surface area contributed by atoms with Crippen LogP contribution >= 0.6 is 15.9 Å². The molecule has 1 aliphatic heterocycles. The molecule has 110 valence electrons. The second-order valence-electron chi connectivity index (χ2n) is 4.34. The molecule has 1 unspecified atom stereocenters. The molecule has 0 spiro atoms. The zero-order valence-corrected chi connectivity index (χ0v) is 12.1. The van der Waals surface area contributed by atoms with Crippen LogP contribution < -0.4 is 5.32 Å². The van der Waals surface area contributed by atoms with Gasteiger partial charge in [-0.05, 0) is 30.9 Å². The smallest absolute Gasteiger partial charge is 0.356 e. The lowest BCUT2D eigenvalue weighted by atomic mass is 10.1. The molecule has 0 saturated heterocycles. The van der Waals surface area contributed by atoms with E-state index < -0.39 is 26.0 Å². The SMILES string of the molecule is N#CC1=C(OS(=O)(=O)C(F)(F)F)NC(Br)(C2CC2)C=C1. The highest BCUT2D eigenvalue weighted by atomic mass is 79.9. The molecule has 0 radical (unpaired) electrons. The molecule has 0 aromatic rings. The molecule has 5 nitrogen and oxygen atoms in total. The zero-order valence-electron chi connectivity index (χ0n) is 9.74. The maximum Gasteiger partial charge on any atom is 0.534 e. The van der Waals surface area contributed by atoms with Crippen molar-refractivity contribution in [3.63, 3.8) is 0 Å². The molecule has 1 aliphatic carbocycles. The largest absolute Gasteiger partial charge is 0.534 e. The molecule has 1 N–H and O–H groups in total. The molecule has 0 bridgehead atoms. The van der Waals surface area contributed by atoms with Gasteiger partial charge in [-0.15, -0.1) is 0 Å². The monoisotopic (exact) mass is 372 g/mol. The van der Waals surface area contributed by atoms with Gasteiger partial charge < -0.3 is 9.50 Å². The Morgan fingerprint density at radius 2 is 2.10 bits per heavy atom. The average Bonchev–Trinajstić information content (AvgIpc) is 3.11. The summed E-state index contributed by atoms with van der Waals surface area (Å²) in [6, 6.07) is 1.58. The van der Waals surface area contributed by atoms with E-state index in [4.69, 9.17) is 5.26 Å². The lowest BCUT2D eigenvalue weighted by Gasteiger charge is -2.30. The fourth-order valence-electron chi connectivity index (χ4n) is 1.62. The Morgan fingerprint density at radius 3 is 2.55 bits per heavy atom. The second kappa shape index (κ2) is 4.66. The van der Waals surface area contributed by atoms with Crippen LogP contribution in [-0.2, 0) is 14.3 Å². The number of rotatable bonds is 3. The van der Waals surface area contributed by atoms with Crippen LogP contribution in [0.15, 0.2) is 23.6 Å². The Bertz CT molecular complexity index is 631. The highest BCUT2D eigenvalue weighted by Crippen LogP contribution is 2.46. The summed E-state index contributed by atoms with van der Waals surface area (Å²) in [6.45, 7) is 0. The van der Waals surface area contributed by atoms with E-state index in [0.717, 1.165) is 12.8 Å². The number of nitrogens with one attached hydrogen (secondary N) is 1. The molecule has 0 aromatic carbocycles. The number of allylic oxidation sites excluding steroid dienone is 2. The predicted octanol–water partition coefficient (Wildman–Crippen LogP) is 2.25. The zero-order chi connectivity index (χ0) is 15.2. The molecular weight excluding hydrogens is 365 g/mol. The van der Waals surface area contributed by atoms with E-state index in [9.17, 15) is 21.6 Å². The molecule has 2 aliphatic rings. The number of dihydropyridines is 1. The van der Waals surface area contributed by atoms with E-state index in [1.165, 1.54) is 6.08 Å². The predicted molar refractivity (Wildman–Crippen MR) is 65.4 cm³/mol. The molecule has 2 rings (SSSR count). The summed E-state index contributed by atoms with van der Waals surface area (Å²) in [7, 11) is -5.82. The number of alkyl halides is 4. The van der Waals surface area contributed by atoms with E-state index in [1.54, 1.807) is 12.1 Å². The van der Waals surface area contributed by atoms with Crippen molar-refractivity contribution in [3.05, 3.63) is 23.6 Å². The van der Waals surface area contributed by atoms with Gasteiger partial charge in [0.15, 0.2) is 0 Å². The molecule has 1 heterocycles. The maximum atomic E-state index is 12.3. The summed E-state index contributed by atoms with van der Waals surface area (Å²) >= 11 is 3.28. The molecule has 1 atom stereocenters. The normalized spacial score (nSPS) is 26.9. The van der Waals surface area contributed by atoms with E-state index >= 15 is 0 Å². The minimum absolute atomic E-state index is 0.0891. The number of halogens is 4. The first-order valence-corrected chi connectivity index (χ1v) is 7.60. The Balaban J connectivity index is 2.31. The molecule has 1 saturated carbocycles. The summed E-state index contributed by atoms with van der Waals surface area (Å²) in [5.41, 5.74) is -5.88. The van der Waals surface area contributed by atoms with Gasteiger partial charge in [-0.25, -0.2) is 0 Å². The van der Waals surface area contributed by atoms with Gasteiger partial charge in [0.25, 0.3) is 0 Å². The Morgan fingerprint density at radius 1 is 1.50 bits per heavy atom. The highest BCUT2D eigenvalue weighted by molar-refractivity contribution is 9.10. The number of hydrogen-bond donors (Lipinski definition) is 1. The van der Waals surface area contributed by atoms with Gasteiger partial charge in [0.1, 0.15) is 16.1 Å². The lowest BCUT2D eigenvalue weighted by molar-refractivity contribution is -0.0526. The first-order valence-electron chi connectivity index (χ1n) is 5.40. The fourth-order valence-corrected chi connectivity index (χ4v) is 2.83. The minimum Gasteiger partial charge on any atom is -0.356 e. The van der Waals surface area contributed by atoms with Crippen LogP contribution in [0.4, 0.5) is 13.2 Å². The maximum absolute atomic E-state index is 12.3. The summed E-state index contributed by atoms with van der Waals surface area (Å²) < 4.78 is 62.1. The van der Waals surface area contributed by atoms with Crippen LogP contribution in [0.5, 0.6) is 0 Å². The Hall–Kier alpha value is -1.21. The van der Waals surface area contributed by atoms with Gasteiger partial charge in [-0.3, -0.25) is 0 Å². The van der Waals surface area contributed by atoms with Crippen molar-refractivity contribution in [1.82, 2.24) is 5.32 Å². The molecule has 20 heavy (non-hydrogen) atoms. The molecule has 0 aromatic heterocycles. The summed E-state index contributed by atoms with van der Waals surface area (Å²) in [5.74, 6) is -0.637. The lowest BCUT2D eigenvalue weighted by Crippen LogP contribution is -2.43. The van der Waals surface area contributed by atoms with Crippen molar-refractivity contribution in [2.45, 2.75) is 22.8 Å². The van der Waals surface area contributed by atoms with Crippen molar-refractivity contribution in [2.75, 3.05) is 0 Å². The van der Waals surface area contributed by atoms with Crippen LogP contribution in [0, 0.1) is 17.2 Å². The van der Waals surface area contributed by atoms with Gasteiger partial charge >= 0.3 is 15.6 Å². The van der Waals surface area contributed by atoms with Gasteiger partial charge in [0.2, 0.25) is 5.88 Å². The van der Waals surface area contributed by atoms with Crippen LogP contribution in [-0.4, -0.2) is 18.4 Å². The van der Waals surface area contributed by atoms with Crippen molar-refractivity contribution in [1.29, 1.82) is 5.26 Å².